The Bertz CT molecular complexity index is 468. The van der Waals surface area contributed by atoms with Crippen LogP contribution in [0.25, 0.3) is 0 Å². The highest BCUT2D eigenvalue weighted by Crippen LogP contribution is 2.13. The molecule has 1 aromatic carbocycles. The van der Waals surface area contributed by atoms with Crippen molar-refractivity contribution in [3.8, 4) is 0 Å². The highest BCUT2D eigenvalue weighted by atomic mass is 19.1. The van der Waals surface area contributed by atoms with Gasteiger partial charge in [-0.3, -0.25) is 0 Å². The van der Waals surface area contributed by atoms with Crippen molar-refractivity contribution in [2.45, 2.75) is 13.5 Å². The number of rotatable bonds is 3. The van der Waals surface area contributed by atoms with Crippen molar-refractivity contribution in [2.24, 2.45) is 0 Å². The van der Waals surface area contributed by atoms with Gasteiger partial charge in [0.1, 0.15) is 11.6 Å². The van der Waals surface area contributed by atoms with Crippen molar-refractivity contribution in [1.82, 2.24) is 9.97 Å². The summed E-state index contributed by atoms with van der Waals surface area (Å²) in [5.74, 6) is 0.477. The molecule has 0 radical (unpaired) electrons. The van der Waals surface area contributed by atoms with Crippen molar-refractivity contribution in [3.63, 3.8) is 0 Å². The molecule has 16 heavy (non-hydrogen) atoms. The molecule has 82 valence electrons. The molecule has 0 atom stereocenters. The van der Waals surface area contributed by atoms with E-state index in [9.17, 15) is 4.39 Å². The summed E-state index contributed by atoms with van der Waals surface area (Å²) >= 11 is 0. The van der Waals surface area contributed by atoms with E-state index in [1.807, 2.05) is 6.92 Å². The minimum atomic E-state index is -0.254. The molecule has 3 nitrogen and oxygen atoms in total. The van der Waals surface area contributed by atoms with Crippen LogP contribution in [0.15, 0.2) is 36.7 Å². The summed E-state index contributed by atoms with van der Waals surface area (Å²) in [6.45, 7) is 2.34. The first-order valence-corrected chi connectivity index (χ1v) is 5.01. The molecule has 0 saturated heterocycles. The minimum Gasteiger partial charge on any atom is -0.378 e. The standard InChI is InChI=1S/C12H12FN3/c1-9-14-6-10(7-15-9)8-16-12-5-3-2-4-11(12)13/h2-7,16H,8H2,1H3. The molecule has 0 unspecified atom stereocenters. The molecule has 0 amide bonds. The fourth-order valence-electron chi connectivity index (χ4n) is 1.31. The molecule has 1 N–H and O–H groups in total. The third-order valence-electron chi connectivity index (χ3n) is 2.19. The van der Waals surface area contributed by atoms with Gasteiger partial charge in [0, 0.05) is 24.5 Å². The number of anilines is 1. The Balaban J connectivity index is 2.02. The monoisotopic (exact) mass is 217 g/mol. The molecule has 1 aromatic heterocycles. The zero-order chi connectivity index (χ0) is 11.4. The fraction of sp³-hybridized carbons (Fsp3) is 0.167. The number of hydrogen-bond acceptors (Lipinski definition) is 3. The van der Waals surface area contributed by atoms with Gasteiger partial charge in [0.25, 0.3) is 0 Å². The lowest BCUT2D eigenvalue weighted by Gasteiger charge is -2.06. The highest BCUT2D eigenvalue weighted by Gasteiger charge is 2.00. The molecule has 0 saturated carbocycles. The van der Waals surface area contributed by atoms with Gasteiger partial charge >= 0.3 is 0 Å². The molecule has 0 aliphatic carbocycles. The molecule has 4 heteroatoms. The van der Waals surface area contributed by atoms with Crippen LogP contribution >= 0.6 is 0 Å². The van der Waals surface area contributed by atoms with E-state index in [-0.39, 0.29) is 5.82 Å². The van der Waals surface area contributed by atoms with E-state index in [4.69, 9.17) is 0 Å². The smallest absolute Gasteiger partial charge is 0.146 e. The van der Waals surface area contributed by atoms with Crippen LogP contribution in [-0.2, 0) is 6.54 Å². The maximum atomic E-state index is 13.3. The van der Waals surface area contributed by atoms with Gasteiger partial charge in [0.2, 0.25) is 0 Å². The van der Waals surface area contributed by atoms with E-state index in [0.717, 1.165) is 11.4 Å². The molecule has 0 aliphatic heterocycles. The average Bonchev–Trinajstić information content (AvgIpc) is 2.30. The van der Waals surface area contributed by atoms with E-state index >= 15 is 0 Å². The van der Waals surface area contributed by atoms with Crippen LogP contribution in [0.4, 0.5) is 10.1 Å². The molecule has 0 spiro atoms. The first kappa shape index (κ1) is 10.5. The molecule has 0 aliphatic rings. The summed E-state index contributed by atoms with van der Waals surface area (Å²) in [6, 6.07) is 6.57. The van der Waals surface area contributed by atoms with Crippen LogP contribution in [0, 0.1) is 12.7 Å². The lowest BCUT2D eigenvalue weighted by Crippen LogP contribution is -2.02. The van der Waals surface area contributed by atoms with E-state index in [1.54, 1.807) is 30.6 Å². The molecule has 0 bridgehead atoms. The maximum absolute atomic E-state index is 13.3. The average molecular weight is 217 g/mol. The predicted octanol–water partition coefficient (Wildman–Crippen LogP) is 2.54. The minimum absolute atomic E-state index is 0.254. The zero-order valence-corrected chi connectivity index (χ0v) is 8.94. The number of hydrogen-bond donors (Lipinski definition) is 1. The summed E-state index contributed by atoms with van der Waals surface area (Å²) in [5.41, 5.74) is 1.41. The first-order chi connectivity index (χ1) is 7.75. The quantitative estimate of drug-likeness (QED) is 0.858. The van der Waals surface area contributed by atoms with Gasteiger partial charge < -0.3 is 5.32 Å². The number of aromatic nitrogens is 2. The lowest BCUT2D eigenvalue weighted by molar-refractivity contribution is 0.630. The molecule has 2 aromatic rings. The highest BCUT2D eigenvalue weighted by molar-refractivity contribution is 5.44. The fourth-order valence-corrected chi connectivity index (χ4v) is 1.31. The Morgan fingerprint density at radius 2 is 1.88 bits per heavy atom. The van der Waals surface area contributed by atoms with Gasteiger partial charge in [-0.1, -0.05) is 12.1 Å². The van der Waals surface area contributed by atoms with Crippen LogP contribution in [0.1, 0.15) is 11.4 Å². The van der Waals surface area contributed by atoms with Gasteiger partial charge in [-0.25, -0.2) is 14.4 Å². The topological polar surface area (TPSA) is 37.8 Å². The summed E-state index contributed by atoms with van der Waals surface area (Å²) in [7, 11) is 0. The molecule has 2 rings (SSSR count). The van der Waals surface area contributed by atoms with Gasteiger partial charge in [0.15, 0.2) is 0 Å². The third-order valence-corrected chi connectivity index (χ3v) is 2.19. The number of para-hydroxylation sites is 1. The SMILES string of the molecule is Cc1ncc(CNc2ccccc2F)cn1. The second kappa shape index (κ2) is 4.70. The molecule has 0 fully saturated rings. The number of halogens is 1. The number of aryl methyl sites for hydroxylation is 1. The van der Waals surface area contributed by atoms with Crippen LogP contribution in [-0.4, -0.2) is 9.97 Å². The van der Waals surface area contributed by atoms with Crippen LogP contribution < -0.4 is 5.32 Å². The molecular formula is C12H12FN3. The van der Waals surface area contributed by atoms with Crippen LogP contribution in [0.2, 0.25) is 0 Å². The summed E-state index contributed by atoms with van der Waals surface area (Å²) in [6.07, 6.45) is 3.46. The van der Waals surface area contributed by atoms with Gasteiger partial charge in [0.05, 0.1) is 5.69 Å². The Labute approximate surface area is 93.4 Å². The van der Waals surface area contributed by atoms with E-state index in [2.05, 4.69) is 15.3 Å². The Morgan fingerprint density at radius 3 is 2.56 bits per heavy atom. The predicted molar refractivity (Wildman–Crippen MR) is 60.5 cm³/mol. The summed E-state index contributed by atoms with van der Waals surface area (Å²) in [5, 5.41) is 2.99. The van der Waals surface area contributed by atoms with Gasteiger partial charge in [-0.2, -0.15) is 0 Å². The van der Waals surface area contributed by atoms with Crippen molar-refractivity contribution < 1.29 is 4.39 Å². The van der Waals surface area contributed by atoms with E-state index in [0.29, 0.717) is 12.2 Å². The van der Waals surface area contributed by atoms with Gasteiger partial charge in [-0.15, -0.1) is 0 Å². The second-order valence-electron chi connectivity index (χ2n) is 3.47. The van der Waals surface area contributed by atoms with Crippen LogP contribution in [0.5, 0.6) is 0 Å². The zero-order valence-electron chi connectivity index (χ0n) is 8.94. The molecule has 1 heterocycles. The maximum Gasteiger partial charge on any atom is 0.146 e. The number of nitrogens with zero attached hydrogens (tertiary/aromatic N) is 2. The van der Waals surface area contributed by atoms with Crippen molar-refractivity contribution in [1.29, 1.82) is 0 Å². The van der Waals surface area contributed by atoms with Crippen molar-refractivity contribution >= 4 is 5.69 Å². The van der Waals surface area contributed by atoms with E-state index in [1.165, 1.54) is 6.07 Å². The van der Waals surface area contributed by atoms with Gasteiger partial charge in [-0.05, 0) is 19.1 Å². The van der Waals surface area contributed by atoms with Crippen molar-refractivity contribution in [3.05, 3.63) is 53.9 Å². The second-order valence-corrected chi connectivity index (χ2v) is 3.47. The third kappa shape index (κ3) is 2.53. The lowest BCUT2D eigenvalue weighted by atomic mass is 10.3. The largest absolute Gasteiger partial charge is 0.378 e. The van der Waals surface area contributed by atoms with Crippen LogP contribution in [0.3, 0.4) is 0 Å². The Kier molecular flexibility index (Phi) is 3.10. The van der Waals surface area contributed by atoms with Crippen molar-refractivity contribution in [2.75, 3.05) is 5.32 Å². The Hall–Kier alpha value is -1.97. The summed E-state index contributed by atoms with van der Waals surface area (Å²) in [4.78, 5) is 8.14. The Morgan fingerprint density at radius 1 is 1.19 bits per heavy atom. The normalized spacial score (nSPS) is 10.1. The van der Waals surface area contributed by atoms with E-state index < -0.39 is 0 Å². The summed E-state index contributed by atoms with van der Waals surface area (Å²) < 4.78 is 13.3. The number of benzene rings is 1. The first-order valence-electron chi connectivity index (χ1n) is 5.01. The molecular weight excluding hydrogens is 205 g/mol. The number of nitrogens with one attached hydrogen (secondary N) is 1.